The lowest BCUT2D eigenvalue weighted by molar-refractivity contribution is -0.384. The van der Waals surface area contributed by atoms with E-state index in [4.69, 9.17) is 5.73 Å². The number of nitrogens with zero attached hydrogens (tertiary/aromatic N) is 4. The van der Waals surface area contributed by atoms with Crippen molar-refractivity contribution < 1.29 is 4.92 Å². The standard InChI is InChI=1S/C15H16N6O2/c1-2-20(15-18-8-13(21(22)23)14(16)19-15)9-10-7-17-12-6-4-3-5-11(10)12/h3-8,17H,2,9H2,1H3,(H2,16,18,19). The molecule has 2 heterocycles. The van der Waals surface area contributed by atoms with Crippen LogP contribution in [0.2, 0.25) is 0 Å². The Morgan fingerprint density at radius 1 is 1.39 bits per heavy atom. The Balaban J connectivity index is 1.91. The zero-order valence-corrected chi connectivity index (χ0v) is 12.6. The molecule has 0 saturated heterocycles. The van der Waals surface area contributed by atoms with E-state index in [1.165, 1.54) is 0 Å². The molecule has 23 heavy (non-hydrogen) atoms. The summed E-state index contributed by atoms with van der Waals surface area (Å²) in [7, 11) is 0. The van der Waals surface area contributed by atoms with Gasteiger partial charge in [0.25, 0.3) is 0 Å². The Morgan fingerprint density at radius 3 is 2.87 bits per heavy atom. The molecule has 0 fully saturated rings. The van der Waals surface area contributed by atoms with Gasteiger partial charge in [-0.1, -0.05) is 18.2 Å². The highest BCUT2D eigenvalue weighted by Gasteiger charge is 2.18. The summed E-state index contributed by atoms with van der Waals surface area (Å²) in [5, 5.41) is 11.9. The monoisotopic (exact) mass is 312 g/mol. The summed E-state index contributed by atoms with van der Waals surface area (Å²) in [5.74, 6) is 0.248. The van der Waals surface area contributed by atoms with Crippen molar-refractivity contribution in [2.24, 2.45) is 0 Å². The lowest BCUT2D eigenvalue weighted by Crippen LogP contribution is -2.24. The molecule has 3 N–H and O–H groups in total. The number of hydrogen-bond acceptors (Lipinski definition) is 6. The van der Waals surface area contributed by atoms with Crippen LogP contribution >= 0.6 is 0 Å². The Kier molecular flexibility index (Phi) is 3.80. The third-order valence-electron chi connectivity index (χ3n) is 3.68. The SMILES string of the molecule is CCN(Cc1c[nH]c2ccccc12)c1ncc([N+](=O)[O-])c(N)n1. The van der Waals surface area contributed by atoms with Crippen LogP contribution in [0.15, 0.2) is 36.7 Å². The molecule has 0 atom stereocenters. The van der Waals surface area contributed by atoms with E-state index < -0.39 is 4.92 Å². The van der Waals surface area contributed by atoms with Crippen molar-refractivity contribution in [1.82, 2.24) is 15.0 Å². The molecule has 0 aliphatic heterocycles. The van der Waals surface area contributed by atoms with Crippen LogP contribution in [0.5, 0.6) is 0 Å². The highest BCUT2D eigenvalue weighted by Crippen LogP contribution is 2.23. The maximum atomic E-state index is 10.8. The van der Waals surface area contributed by atoms with Gasteiger partial charge < -0.3 is 15.6 Å². The van der Waals surface area contributed by atoms with Gasteiger partial charge in [-0.25, -0.2) is 4.98 Å². The molecule has 3 aromatic rings. The summed E-state index contributed by atoms with van der Waals surface area (Å²) < 4.78 is 0. The first-order valence-corrected chi connectivity index (χ1v) is 7.17. The molecule has 0 aliphatic rings. The molecule has 8 nitrogen and oxygen atoms in total. The maximum absolute atomic E-state index is 10.8. The number of aromatic amines is 1. The first-order chi connectivity index (χ1) is 11.1. The minimum Gasteiger partial charge on any atom is -0.378 e. The fraction of sp³-hybridized carbons (Fsp3) is 0.200. The summed E-state index contributed by atoms with van der Waals surface area (Å²) in [5.41, 5.74) is 7.53. The zero-order chi connectivity index (χ0) is 16.4. The van der Waals surface area contributed by atoms with Crippen LogP contribution in [0, 0.1) is 10.1 Å². The summed E-state index contributed by atoms with van der Waals surface area (Å²) >= 11 is 0. The van der Waals surface area contributed by atoms with Crippen molar-refractivity contribution in [3.8, 4) is 0 Å². The summed E-state index contributed by atoms with van der Waals surface area (Å²) in [6.45, 7) is 3.20. The lowest BCUT2D eigenvalue weighted by Gasteiger charge is -2.20. The van der Waals surface area contributed by atoms with Crippen LogP contribution in [0.25, 0.3) is 10.9 Å². The number of fused-ring (bicyclic) bond motifs is 1. The number of nitrogens with two attached hydrogens (primary N) is 1. The first-order valence-electron chi connectivity index (χ1n) is 7.17. The number of rotatable bonds is 5. The normalized spacial score (nSPS) is 10.8. The van der Waals surface area contributed by atoms with Crippen LogP contribution in [0.3, 0.4) is 0 Å². The molecule has 0 radical (unpaired) electrons. The van der Waals surface area contributed by atoms with Gasteiger partial charge >= 0.3 is 5.69 Å². The average Bonchev–Trinajstić information content (AvgIpc) is 2.95. The van der Waals surface area contributed by atoms with Crippen molar-refractivity contribution in [2.45, 2.75) is 13.5 Å². The number of aromatic nitrogens is 3. The predicted molar refractivity (Wildman–Crippen MR) is 88.1 cm³/mol. The van der Waals surface area contributed by atoms with E-state index in [1.54, 1.807) is 0 Å². The molecule has 2 aromatic heterocycles. The van der Waals surface area contributed by atoms with Crippen molar-refractivity contribution in [1.29, 1.82) is 0 Å². The summed E-state index contributed by atoms with van der Waals surface area (Å²) in [4.78, 5) is 23.5. The van der Waals surface area contributed by atoms with Crippen LogP contribution < -0.4 is 10.6 Å². The number of para-hydroxylation sites is 1. The molecule has 8 heteroatoms. The van der Waals surface area contributed by atoms with Gasteiger partial charge in [-0.2, -0.15) is 4.98 Å². The molecule has 3 rings (SSSR count). The van der Waals surface area contributed by atoms with E-state index in [2.05, 4.69) is 15.0 Å². The van der Waals surface area contributed by atoms with Gasteiger partial charge in [-0.3, -0.25) is 10.1 Å². The minimum atomic E-state index is -0.588. The second-order valence-corrected chi connectivity index (χ2v) is 5.07. The van der Waals surface area contributed by atoms with Gasteiger partial charge in [0.1, 0.15) is 6.20 Å². The summed E-state index contributed by atoms with van der Waals surface area (Å²) in [6.07, 6.45) is 3.09. The highest BCUT2D eigenvalue weighted by atomic mass is 16.6. The van der Waals surface area contributed by atoms with Crippen LogP contribution in [0.1, 0.15) is 12.5 Å². The second-order valence-electron chi connectivity index (χ2n) is 5.07. The van der Waals surface area contributed by atoms with Crippen molar-refractivity contribution in [3.63, 3.8) is 0 Å². The molecule has 0 saturated carbocycles. The van der Waals surface area contributed by atoms with E-state index >= 15 is 0 Å². The quantitative estimate of drug-likeness (QED) is 0.552. The molecular weight excluding hydrogens is 296 g/mol. The fourth-order valence-corrected chi connectivity index (χ4v) is 2.46. The topological polar surface area (TPSA) is 114 Å². The Morgan fingerprint density at radius 2 is 2.17 bits per heavy atom. The number of benzene rings is 1. The smallest absolute Gasteiger partial charge is 0.329 e. The first kappa shape index (κ1) is 14.8. The van der Waals surface area contributed by atoms with E-state index in [1.807, 2.05) is 42.3 Å². The molecule has 0 bridgehead atoms. The molecule has 1 aromatic carbocycles. The van der Waals surface area contributed by atoms with E-state index in [9.17, 15) is 10.1 Å². The number of anilines is 2. The van der Waals surface area contributed by atoms with Gasteiger partial charge in [-0.05, 0) is 18.6 Å². The van der Waals surface area contributed by atoms with Gasteiger partial charge in [-0.15, -0.1) is 0 Å². The minimum absolute atomic E-state index is 0.127. The third-order valence-corrected chi connectivity index (χ3v) is 3.68. The Bertz CT molecular complexity index is 860. The van der Waals surface area contributed by atoms with E-state index in [0.29, 0.717) is 19.0 Å². The van der Waals surface area contributed by atoms with Crippen molar-refractivity contribution >= 4 is 28.4 Å². The summed E-state index contributed by atoms with van der Waals surface area (Å²) in [6, 6.07) is 8.01. The maximum Gasteiger partial charge on any atom is 0.329 e. The molecule has 0 unspecified atom stereocenters. The Labute approximate surface area is 132 Å². The van der Waals surface area contributed by atoms with Gasteiger partial charge in [0.05, 0.1) is 4.92 Å². The molecule has 0 aliphatic carbocycles. The van der Waals surface area contributed by atoms with E-state index in [0.717, 1.165) is 22.7 Å². The average molecular weight is 312 g/mol. The second kappa shape index (κ2) is 5.91. The fourth-order valence-electron chi connectivity index (χ4n) is 2.46. The van der Waals surface area contributed by atoms with E-state index in [-0.39, 0.29) is 11.5 Å². The molecule has 0 amide bonds. The molecular formula is C15H16N6O2. The van der Waals surface area contributed by atoms with Gasteiger partial charge in [0.15, 0.2) is 0 Å². The zero-order valence-electron chi connectivity index (χ0n) is 12.6. The number of nitro groups is 1. The van der Waals surface area contributed by atoms with Gasteiger partial charge in [0.2, 0.25) is 11.8 Å². The number of H-pyrrole nitrogens is 1. The Hall–Kier alpha value is -3.16. The number of nitrogen functional groups attached to an aromatic ring is 1. The van der Waals surface area contributed by atoms with Crippen molar-refractivity contribution in [3.05, 3.63) is 52.3 Å². The van der Waals surface area contributed by atoms with Crippen LogP contribution in [-0.4, -0.2) is 26.4 Å². The number of nitrogens with one attached hydrogen (secondary N) is 1. The van der Waals surface area contributed by atoms with Crippen LogP contribution in [-0.2, 0) is 6.54 Å². The lowest BCUT2D eigenvalue weighted by atomic mass is 10.1. The largest absolute Gasteiger partial charge is 0.378 e. The van der Waals surface area contributed by atoms with Crippen LogP contribution in [0.4, 0.5) is 17.5 Å². The highest BCUT2D eigenvalue weighted by molar-refractivity contribution is 5.83. The number of hydrogen-bond donors (Lipinski definition) is 2. The predicted octanol–water partition coefficient (Wildman–Crippen LogP) is 2.47. The van der Waals surface area contributed by atoms with Crippen molar-refractivity contribution in [2.75, 3.05) is 17.2 Å². The van der Waals surface area contributed by atoms with Gasteiger partial charge in [0, 0.05) is 30.2 Å². The molecule has 0 spiro atoms. The molecule has 118 valence electrons. The third kappa shape index (κ3) is 2.78.